The Balaban J connectivity index is 1.97. The lowest BCUT2D eigenvalue weighted by atomic mass is 9.53. The van der Waals surface area contributed by atoms with Crippen LogP contribution in [0.2, 0.25) is 0 Å². The van der Waals surface area contributed by atoms with Crippen LogP contribution in [0.1, 0.15) is 50.7 Å². The lowest BCUT2D eigenvalue weighted by Gasteiger charge is -2.55. The first-order valence-corrected chi connectivity index (χ1v) is 8.50. The summed E-state index contributed by atoms with van der Waals surface area (Å²) in [4.78, 5) is 0. The molecule has 0 spiro atoms. The van der Waals surface area contributed by atoms with Crippen molar-refractivity contribution in [1.82, 2.24) is 0 Å². The van der Waals surface area contributed by atoms with Crippen molar-refractivity contribution in [2.24, 2.45) is 23.0 Å². The molecule has 21 heavy (non-hydrogen) atoms. The molecule has 4 unspecified atom stereocenters. The fourth-order valence-corrected chi connectivity index (χ4v) is 4.87. The zero-order chi connectivity index (χ0) is 15.1. The maximum atomic E-state index is 11.6. The highest BCUT2D eigenvalue weighted by Crippen LogP contribution is 2.52. The van der Waals surface area contributed by atoms with Crippen molar-refractivity contribution >= 4 is 0 Å². The molecule has 1 saturated carbocycles. The highest BCUT2D eigenvalue weighted by Gasteiger charge is 2.54. The van der Waals surface area contributed by atoms with Crippen LogP contribution in [-0.4, -0.2) is 17.3 Å². The SMILES string of the molecule is CC1CCC(C)C(O)(C2(CN)CCc3ccccc3C2)C1. The largest absolute Gasteiger partial charge is 0.389 e. The first-order valence-electron chi connectivity index (χ1n) is 8.50. The summed E-state index contributed by atoms with van der Waals surface area (Å²) in [6.45, 7) is 5.09. The predicted octanol–water partition coefficient (Wildman–Crippen LogP) is 3.31. The van der Waals surface area contributed by atoms with Crippen molar-refractivity contribution in [3.63, 3.8) is 0 Å². The number of nitrogens with two attached hydrogens (primary N) is 1. The molecule has 0 aromatic heterocycles. The molecule has 116 valence electrons. The Morgan fingerprint density at radius 3 is 2.62 bits per heavy atom. The number of rotatable bonds is 2. The fraction of sp³-hybridized carbons (Fsp3) is 0.684. The van der Waals surface area contributed by atoms with Crippen LogP contribution in [0.5, 0.6) is 0 Å². The molecule has 0 bridgehead atoms. The standard InChI is InChI=1S/C19H29NO/c1-14-7-8-15(2)19(21,11-14)18(13-20)10-9-16-5-3-4-6-17(16)12-18/h3-6,14-15,21H,7-13,20H2,1-2H3. The molecule has 0 heterocycles. The minimum Gasteiger partial charge on any atom is -0.389 e. The second-order valence-electron chi connectivity index (χ2n) is 7.64. The molecule has 1 fully saturated rings. The number of aliphatic hydroxyl groups is 1. The Bertz CT molecular complexity index is 514. The Hall–Kier alpha value is -0.860. The maximum Gasteiger partial charge on any atom is 0.0746 e. The maximum absolute atomic E-state index is 11.6. The van der Waals surface area contributed by atoms with Gasteiger partial charge in [0.1, 0.15) is 0 Å². The van der Waals surface area contributed by atoms with E-state index in [2.05, 4.69) is 38.1 Å². The summed E-state index contributed by atoms with van der Waals surface area (Å²) in [5, 5.41) is 11.6. The van der Waals surface area contributed by atoms with Crippen molar-refractivity contribution in [1.29, 1.82) is 0 Å². The van der Waals surface area contributed by atoms with Crippen LogP contribution in [0.3, 0.4) is 0 Å². The Morgan fingerprint density at radius 1 is 1.19 bits per heavy atom. The first kappa shape index (κ1) is 15.1. The van der Waals surface area contributed by atoms with E-state index in [4.69, 9.17) is 5.73 Å². The molecule has 0 amide bonds. The summed E-state index contributed by atoms with van der Waals surface area (Å²) in [7, 11) is 0. The second kappa shape index (κ2) is 5.40. The molecular weight excluding hydrogens is 258 g/mol. The van der Waals surface area contributed by atoms with Gasteiger partial charge in [0.15, 0.2) is 0 Å². The topological polar surface area (TPSA) is 46.2 Å². The molecular formula is C19H29NO. The van der Waals surface area contributed by atoms with Crippen LogP contribution in [-0.2, 0) is 12.8 Å². The number of hydrogen-bond donors (Lipinski definition) is 2. The number of fused-ring (bicyclic) bond motifs is 1. The zero-order valence-electron chi connectivity index (χ0n) is 13.4. The van der Waals surface area contributed by atoms with Gasteiger partial charge < -0.3 is 10.8 Å². The van der Waals surface area contributed by atoms with Crippen molar-refractivity contribution in [2.75, 3.05) is 6.54 Å². The van der Waals surface area contributed by atoms with Crippen LogP contribution in [0, 0.1) is 17.3 Å². The van der Waals surface area contributed by atoms with Gasteiger partial charge >= 0.3 is 0 Å². The fourth-order valence-electron chi connectivity index (χ4n) is 4.87. The van der Waals surface area contributed by atoms with E-state index in [-0.39, 0.29) is 5.41 Å². The zero-order valence-corrected chi connectivity index (χ0v) is 13.4. The highest BCUT2D eigenvalue weighted by atomic mass is 16.3. The van der Waals surface area contributed by atoms with Crippen molar-refractivity contribution in [3.8, 4) is 0 Å². The summed E-state index contributed by atoms with van der Waals surface area (Å²) >= 11 is 0. The van der Waals surface area contributed by atoms with E-state index in [9.17, 15) is 5.11 Å². The number of hydrogen-bond acceptors (Lipinski definition) is 2. The Labute approximate surface area is 128 Å². The second-order valence-corrected chi connectivity index (χ2v) is 7.64. The number of benzene rings is 1. The van der Waals surface area contributed by atoms with Gasteiger partial charge in [-0.3, -0.25) is 0 Å². The molecule has 0 saturated heterocycles. The Kier molecular flexibility index (Phi) is 3.87. The van der Waals surface area contributed by atoms with Gasteiger partial charge in [-0.2, -0.15) is 0 Å². The lowest BCUT2D eigenvalue weighted by molar-refractivity contribution is -0.155. The summed E-state index contributed by atoms with van der Waals surface area (Å²) < 4.78 is 0. The molecule has 0 radical (unpaired) electrons. The van der Waals surface area contributed by atoms with Gasteiger partial charge in [0, 0.05) is 12.0 Å². The summed E-state index contributed by atoms with van der Waals surface area (Å²) in [6, 6.07) is 8.68. The van der Waals surface area contributed by atoms with Crippen LogP contribution in [0.15, 0.2) is 24.3 Å². The van der Waals surface area contributed by atoms with Crippen molar-refractivity contribution in [2.45, 2.75) is 58.0 Å². The smallest absolute Gasteiger partial charge is 0.0746 e. The summed E-state index contributed by atoms with van der Waals surface area (Å²) in [5.74, 6) is 0.953. The van der Waals surface area contributed by atoms with E-state index in [1.807, 2.05) is 0 Å². The third kappa shape index (κ3) is 2.33. The van der Waals surface area contributed by atoms with Gasteiger partial charge in [0.05, 0.1) is 5.60 Å². The van der Waals surface area contributed by atoms with Gasteiger partial charge in [-0.15, -0.1) is 0 Å². The molecule has 2 aliphatic carbocycles. The van der Waals surface area contributed by atoms with Gasteiger partial charge in [-0.1, -0.05) is 44.5 Å². The molecule has 2 aliphatic rings. The van der Waals surface area contributed by atoms with Gasteiger partial charge in [-0.05, 0) is 55.1 Å². The van der Waals surface area contributed by atoms with Crippen LogP contribution in [0.4, 0.5) is 0 Å². The molecule has 3 N–H and O–H groups in total. The summed E-state index contributed by atoms with van der Waals surface area (Å²) in [6.07, 6.45) is 6.29. The first-order chi connectivity index (χ1) is 10.0. The van der Waals surface area contributed by atoms with Gasteiger partial charge in [0.25, 0.3) is 0 Å². The van der Waals surface area contributed by atoms with E-state index in [0.717, 1.165) is 32.1 Å². The van der Waals surface area contributed by atoms with Gasteiger partial charge in [-0.25, -0.2) is 0 Å². The average molecular weight is 287 g/mol. The van der Waals surface area contributed by atoms with Crippen molar-refractivity contribution in [3.05, 3.63) is 35.4 Å². The van der Waals surface area contributed by atoms with Crippen LogP contribution in [0.25, 0.3) is 0 Å². The predicted molar refractivity (Wildman–Crippen MR) is 87.1 cm³/mol. The Morgan fingerprint density at radius 2 is 1.90 bits per heavy atom. The van der Waals surface area contributed by atoms with Gasteiger partial charge in [0.2, 0.25) is 0 Å². The number of aryl methyl sites for hydroxylation is 1. The molecule has 0 aliphatic heterocycles. The third-order valence-electron chi connectivity index (χ3n) is 6.40. The molecule has 4 atom stereocenters. The molecule has 3 rings (SSSR count). The monoisotopic (exact) mass is 287 g/mol. The van der Waals surface area contributed by atoms with Crippen LogP contribution < -0.4 is 5.73 Å². The quantitative estimate of drug-likeness (QED) is 0.876. The highest BCUT2D eigenvalue weighted by molar-refractivity contribution is 5.32. The minimum absolute atomic E-state index is 0.143. The summed E-state index contributed by atoms with van der Waals surface area (Å²) in [5.41, 5.74) is 8.35. The van der Waals surface area contributed by atoms with E-state index in [0.29, 0.717) is 18.4 Å². The molecule has 2 heteroatoms. The normalized spacial score (nSPS) is 39.8. The minimum atomic E-state index is -0.604. The lowest BCUT2D eigenvalue weighted by Crippen LogP contribution is -2.60. The van der Waals surface area contributed by atoms with E-state index >= 15 is 0 Å². The van der Waals surface area contributed by atoms with Crippen LogP contribution >= 0.6 is 0 Å². The van der Waals surface area contributed by atoms with E-state index < -0.39 is 5.60 Å². The molecule has 1 aromatic carbocycles. The van der Waals surface area contributed by atoms with Crippen molar-refractivity contribution < 1.29 is 5.11 Å². The molecule has 2 nitrogen and oxygen atoms in total. The van der Waals surface area contributed by atoms with E-state index in [1.54, 1.807) is 0 Å². The van der Waals surface area contributed by atoms with E-state index in [1.165, 1.54) is 17.5 Å². The third-order valence-corrected chi connectivity index (χ3v) is 6.40. The molecule has 1 aromatic rings. The average Bonchev–Trinajstić information content (AvgIpc) is 2.50.